The van der Waals surface area contributed by atoms with E-state index in [-0.39, 0.29) is 28.7 Å². The van der Waals surface area contributed by atoms with E-state index < -0.39 is 0 Å². The Balaban J connectivity index is 4.68. The molecule has 0 heterocycles. The minimum atomic E-state index is -0.322. The molecule has 3 N–H and O–H groups in total. The summed E-state index contributed by atoms with van der Waals surface area (Å²) in [6.07, 6.45) is 0. The number of nitrogens with one attached hydrogen (secondary N) is 1. The van der Waals surface area contributed by atoms with Crippen molar-refractivity contribution in [3.05, 3.63) is 0 Å². The van der Waals surface area contributed by atoms with E-state index in [1.165, 1.54) is 0 Å². The van der Waals surface area contributed by atoms with Crippen molar-refractivity contribution in [1.82, 2.24) is 5.32 Å². The summed E-state index contributed by atoms with van der Waals surface area (Å²) in [5.74, 6) is 0.124. The van der Waals surface area contributed by atoms with Crippen LogP contribution in [-0.2, 0) is 4.79 Å². The first-order valence-electron chi connectivity index (χ1n) is 6.01. The second-order valence-corrected chi connectivity index (χ2v) is 6.64. The number of Topliss-reactive ketones (excluding diaryl/α,β-unsaturated/α-hetero) is 1. The molecular formula is C13H28N2O. The SMILES string of the molecule is C[C@H](NC(C)(C)C)[C@H](CN)C(=O)C(C)(C)C. The van der Waals surface area contributed by atoms with Crippen LogP contribution in [0.15, 0.2) is 0 Å². The van der Waals surface area contributed by atoms with E-state index in [1.54, 1.807) is 0 Å². The molecule has 0 spiro atoms. The molecule has 0 radical (unpaired) electrons. The molecule has 0 bridgehead atoms. The quantitative estimate of drug-likeness (QED) is 0.773. The van der Waals surface area contributed by atoms with Crippen LogP contribution in [0.3, 0.4) is 0 Å². The van der Waals surface area contributed by atoms with Gasteiger partial charge in [0.1, 0.15) is 5.78 Å². The van der Waals surface area contributed by atoms with Gasteiger partial charge in [0, 0.05) is 29.5 Å². The largest absolute Gasteiger partial charge is 0.330 e. The van der Waals surface area contributed by atoms with Crippen molar-refractivity contribution in [3.8, 4) is 0 Å². The van der Waals surface area contributed by atoms with Gasteiger partial charge < -0.3 is 11.1 Å². The lowest BCUT2D eigenvalue weighted by Gasteiger charge is -2.33. The molecule has 0 aromatic carbocycles. The minimum Gasteiger partial charge on any atom is -0.330 e. The molecule has 0 aliphatic carbocycles. The van der Waals surface area contributed by atoms with Crippen LogP contribution in [-0.4, -0.2) is 23.9 Å². The van der Waals surface area contributed by atoms with Crippen LogP contribution in [0.1, 0.15) is 48.5 Å². The highest BCUT2D eigenvalue weighted by Gasteiger charge is 2.33. The lowest BCUT2D eigenvalue weighted by atomic mass is 9.79. The molecule has 0 aromatic heterocycles. The predicted octanol–water partition coefficient (Wildman–Crippen LogP) is 1.95. The third-order valence-electron chi connectivity index (χ3n) is 2.59. The normalized spacial score (nSPS) is 17.0. The highest BCUT2D eigenvalue weighted by atomic mass is 16.1. The first-order valence-corrected chi connectivity index (χ1v) is 6.01. The molecule has 0 amide bonds. The summed E-state index contributed by atoms with van der Waals surface area (Å²) in [6, 6.07) is 0.108. The molecule has 0 aliphatic rings. The summed E-state index contributed by atoms with van der Waals surface area (Å²) in [5, 5.41) is 3.42. The fourth-order valence-electron chi connectivity index (χ4n) is 1.88. The summed E-state index contributed by atoms with van der Waals surface area (Å²) in [4.78, 5) is 12.2. The zero-order chi connectivity index (χ0) is 13.1. The molecule has 0 aliphatic heterocycles. The van der Waals surface area contributed by atoms with Crippen molar-refractivity contribution in [2.45, 2.75) is 60.0 Å². The standard InChI is InChI=1S/C13H28N2O/c1-9(15-13(5,6)7)10(8-14)11(16)12(2,3)4/h9-10,15H,8,14H2,1-7H3/t9-,10-/m0/s1. The van der Waals surface area contributed by atoms with Crippen LogP contribution >= 0.6 is 0 Å². The van der Waals surface area contributed by atoms with E-state index in [1.807, 2.05) is 27.7 Å². The lowest BCUT2D eigenvalue weighted by Crippen LogP contribution is -2.51. The first-order chi connectivity index (χ1) is 6.99. The molecule has 16 heavy (non-hydrogen) atoms. The zero-order valence-corrected chi connectivity index (χ0v) is 11.8. The summed E-state index contributed by atoms with van der Waals surface area (Å²) in [7, 11) is 0. The number of carbonyl (C=O) groups is 1. The molecule has 0 fully saturated rings. The van der Waals surface area contributed by atoms with Gasteiger partial charge in [-0.3, -0.25) is 4.79 Å². The summed E-state index contributed by atoms with van der Waals surface area (Å²) >= 11 is 0. The van der Waals surface area contributed by atoms with E-state index >= 15 is 0 Å². The van der Waals surface area contributed by atoms with Crippen LogP contribution in [0.25, 0.3) is 0 Å². The Kier molecular flexibility index (Phi) is 5.15. The molecule has 3 heteroatoms. The average Bonchev–Trinajstić information content (AvgIpc) is 1.99. The van der Waals surface area contributed by atoms with E-state index in [0.717, 1.165) is 0 Å². The topological polar surface area (TPSA) is 55.1 Å². The van der Waals surface area contributed by atoms with Crippen LogP contribution < -0.4 is 11.1 Å². The minimum absolute atomic E-state index is 0.00496. The van der Waals surface area contributed by atoms with Crippen LogP contribution in [0.5, 0.6) is 0 Å². The summed E-state index contributed by atoms with van der Waals surface area (Å²) in [5.41, 5.74) is 5.41. The number of hydrogen-bond acceptors (Lipinski definition) is 3. The van der Waals surface area contributed by atoms with Gasteiger partial charge in [0.2, 0.25) is 0 Å². The Morgan fingerprint density at radius 1 is 1.19 bits per heavy atom. The van der Waals surface area contributed by atoms with Gasteiger partial charge in [-0.2, -0.15) is 0 Å². The number of carbonyl (C=O) groups excluding carboxylic acids is 1. The lowest BCUT2D eigenvalue weighted by molar-refractivity contribution is -0.131. The van der Waals surface area contributed by atoms with Gasteiger partial charge in [-0.05, 0) is 27.7 Å². The van der Waals surface area contributed by atoms with Crippen molar-refractivity contribution in [2.75, 3.05) is 6.54 Å². The number of hydrogen-bond donors (Lipinski definition) is 2. The summed E-state index contributed by atoms with van der Waals surface area (Å²) in [6.45, 7) is 14.6. The van der Waals surface area contributed by atoms with E-state index in [9.17, 15) is 4.79 Å². The average molecular weight is 228 g/mol. The van der Waals surface area contributed by atoms with Crippen LogP contribution in [0, 0.1) is 11.3 Å². The first kappa shape index (κ1) is 15.6. The maximum absolute atomic E-state index is 12.2. The van der Waals surface area contributed by atoms with Gasteiger partial charge in [-0.25, -0.2) is 0 Å². The molecule has 0 saturated carbocycles. The Bertz CT molecular complexity index is 235. The van der Waals surface area contributed by atoms with Crippen molar-refractivity contribution in [3.63, 3.8) is 0 Å². The molecular weight excluding hydrogens is 200 g/mol. The van der Waals surface area contributed by atoms with Crippen molar-refractivity contribution >= 4 is 5.78 Å². The number of ketones is 1. The van der Waals surface area contributed by atoms with Gasteiger partial charge in [0.25, 0.3) is 0 Å². The van der Waals surface area contributed by atoms with Crippen molar-refractivity contribution in [2.24, 2.45) is 17.1 Å². The van der Waals surface area contributed by atoms with Crippen molar-refractivity contribution in [1.29, 1.82) is 0 Å². The Morgan fingerprint density at radius 2 is 1.62 bits per heavy atom. The molecule has 0 rings (SSSR count). The van der Waals surface area contributed by atoms with Gasteiger partial charge in [-0.15, -0.1) is 0 Å². The van der Waals surface area contributed by atoms with E-state index in [0.29, 0.717) is 6.54 Å². The maximum atomic E-state index is 12.2. The van der Waals surface area contributed by atoms with E-state index in [2.05, 4.69) is 26.1 Å². The van der Waals surface area contributed by atoms with Crippen LogP contribution in [0.4, 0.5) is 0 Å². The fraction of sp³-hybridized carbons (Fsp3) is 0.923. The highest BCUT2D eigenvalue weighted by molar-refractivity contribution is 5.86. The monoisotopic (exact) mass is 228 g/mol. The third-order valence-corrected chi connectivity index (χ3v) is 2.59. The second kappa shape index (κ2) is 5.28. The van der Waals surface area contributed by atoms with Gasteiger partial charge in [0.05, 0.1) is 0 Å². The molecule has 0 aromatic rings. The molecule has 0 unspecified atom stereocenters. The fourth-order valence-corrected chi connectivity index (χ4v) is 1.88. The van der Waals surface area contributed by atoms with E-state index in [4.69, 9.17) is 5.73 Å². The third kappa shape index (κ3) is 5.08. The van der Waals surface area contributed by atoms with Gasteiger partial charge >= 0.3 is 0 Å². The molecule has 3 nitrogen and oxygen atoms in total. The van der Waals surface area contributed by atoms with Gasteiger partial charge in [-0.1, -0.05) is 20.8 Å². The molecule has 96 valence electrons. The maximum Gasteiger partial charge on any atom is 0.144 e. The van der Waals surface area contributed by atoms with Crippen molar-refractivity contribution < 1.29 is 4.79 Å². The zero-order valence-electron chi connectivity index (χ0n) is 11.8. The molecule has 2 atom stereocenters. The molecule has 0 saturated heterocycles. The Morgan fingerprint density at radius 3 is 1.88 bits per heavy atom. The second-order valence-electron chi connectivity index (χ2n) is 6.64. The van der Waals surface area contributed by atoms with Crippen LogP contribution in [0.2, 0.25) is 0 Å². The highest BCUT2D eigenvalue weighted by Crippen LogP contribution is 2.22. The number of rotatable bonds is 4. The Labute approximate surface area is 100 Å². The summed E-state index contributed by atoms with van der Waals surface area (Å²) < 4.78 is 0. The Hall–Kier alpha value is -0.410. The van der Waals surface area contributed by atoms with Gasteiger partial charge in [0.15, 0.2) is 0 Å². The predicted molar refractivity (Wildman–Crippen MR) is 69.4 cm³/mol. The number of nitrogens with two attached hydrogens (primary N) is 1. The smallest absolute Gasteiger partial charge is 0.144 e.